The van der Waals surface area contributed by atoms with Crippen LogP contribution in [0.15, 0.2) is 109 Å². The van der Waals surface area contributed by atoms with E-state index < -0.39 is 0 Å². The molecule has 4 rings (SSSR count). The maximum atomic E-state index is 12.4. The number of benzene rings is 4. The molecule has 6 heteroatoms. The van der Waals surface area contributed by atoms with E-state index in [0.717, 1.165) is 40.0 Å². The Labute approximate surface area is 218 Å². The van der Waals surface area contributed by atoms with E-state index in [0.29, 0.717) is 0 Å². The highest BCUT2D eigenvalue weighted by Gasteiger charge is 2.10. The standard InChI is InChI=1S/C31H32N4O2/c1-22(26-9-5-3-6-10-26)32-30(36)34-28-17-13-24(14-18-28)21-25-15-19-29(20-16-25)35-31(37)33-23(2)27-11-7-4-8-12-27/h3-20,22-23H,21H2,1-2H3,(H2,32,34,36)(H2,33,35,37). The second-order valence-electron chi connectivity index (χ2n) is 9.03. The van der Waals surface area contributed by atoms with E-state index in [2.05, 4.69) is 21.3 Å². The number of anilines is 2. The minimum absolute atomic E-state index is 0.0868. The van der Waals surface area contributed by atoms with Crippen molar-refractivity contribution in [3.8, 4) is 0 Å². The molecule has 37 heavy (non-hydrogen) atoms. The molecule has 188 valence electrons. The highest BCUT2D eigenvalue weighted by molar-refractivity contribution is 5.90. The molecule has 2 unspecified atom stereocenters. The zero-order chi connectivity index (χ0) is 26.0. The van der Waals surface area contributed by atoms with Crippen LogP contribution in [-0.2, 0) is 6.42 Å². The summed E-state index contributed by atoms with van der Waals surface area (Å²) >= 11 is 0. The first-order chi connectivity index (χ1) is 18.0. The first-order valence-electron chi connectivity index (χ1n) is 12.4. The van der Waals surface area contributed by atoms with Crippen molar-refractivity contribution in [3.05, 3.63) is 131 Å². The number of carbonyl (C=O) groups excluding carboxylic acids is 2. The van der Waals surface area contributed by atoms with Gasteiger partial charge in [0, 0.05) is 11.4 Å². The number of rotatable bonds is 8. The molecule has 0 saturated carbocycles. The van der Waals surface area contributed by atoms with Gasteiger partial charge in [0.1, 0.15) is 0 Å². The normalized spacial score (nSPS) is 12.2. The number of hydrogen-bond donors (Lipinski definition) is 4. The molecule has 6 nitrogen and oxygen atoms in total. The molecule has 0 spiro atoms. The highest BCUT2D eigenvalue weighted by Crippen LogP contribution is 2.17. The maximum absolute atomic E-state index is 12.4. The molecule has 0 aliphatic carbocycles. The quantitative estimate of drug-likeness (QED) is 0.213. The summed E-state index contributed by atoms with van der Waals surface area (Å²) in [5.74, 6) is 0. The smallest absolute Gasteiger partial charge is 0.319 e. The summed E-state index contributed by atoms with van der Waals surface area (Å²) in [7, 11) is 0. The first kappa shape index (κ1) is 25.5. The SMILES string of the molecule is CC(NC(=O)Nc1ccc(Cc2ccc(NC(=O)NC(C)c3ccccc3)cc2)cc1)c1ccccc1. The summed E-state index contributed by atoms with van der Waals surface area (Å²) in [4.78, 5) is 24.7. The molecule has 4 amide bonds. The molecule has 2 atom stereocenters. The van der Waals surface area contributed by atoms with Gasteiger partial charge in [0.25, 0.3) is 0 Å². The van der Waals surface area contributed by atoms with Gasteiger partial charge in [-0.05, 0) is 66.8 Å². The third-order valence-corrected chi connectivity index (χ3v) is 6.13. The van der Waals surface area contributed by atoms with Crippen molar-refractivity contribution in [2.45, 2.75) is 32.4 Å². The van der Waals surface area contributed by atoms with Crippen LogP contribution in [0.2, 0.25) is 0 Å². The number of hydrogen-bond acceptors (Lipinski definition) is 2. The van der Waals surface area contributed by atoms with E-state index in [1.165, 1.54) is 0 Å². The minimum Gasteiger partial charge on any atom is -0.331 e. The highest BCUT2D eigenvalue weighted by atomic mass is 16.2. The van der Waals surface area contributed by atoms with Crippen molar-refractivity contribution in [2.24, 2.45) is 0 Å². The molecule has 0 heterocycles. The van der Waals surface area contributed by atoms with Gasteiger partial charge in [-0.25, -0.2) is 9.59 Å². The van der Waals surface area contributed by atoms with E-state index in [1.54, 1.807) is 0 Å². The van der Waals surface area contributed by atoms with E-state index in [-0.39, 0.29) is 24.1 Å². The number of amides is 4. The predicted octanol–water partition coefficient (Wildman–Crippen LogP) is 7.04. The van der Waals surface area contributed by atoms with Gasteiger partial charge in [0.15, 0.2) is 0 Å². The summed E-state index contributed by atoms with van der Waals surface area (Å²) in [6, 6.07) is 34.6. The topological polar surface area (TPSA) is 82.3 Å². The van der Waals surface area contributed by atoms with Gasteiger partial charge in [-0.1, -0.05) is 84.9 Å². The number of carbonyl (C=O) groups is 2. The van der Waals surface area contributed by atoms with Crippen LogP contribution in [-0.4, -0.2) is 12.1 Å². The molecule has 0 aliphatic rings. The van der Waals surface area contributed by atoms with Crippen molar-refractivity contribution >= 4 is 23.4 Å². The van der Waals surface area contributed by atoms with Gasteiger partial charge < -0.3 is 21.3 Å². The van der Waals surface area contributed by atoms with Gasteiger partial charge in [-0.2, -0.15) is 0 Å². The third-order valence-electron chi connectivity index (χ3n) is 6.13. The van der Waals surface area contributed by atoms with E-state index in [4.69, 9.17) is 0 Å². The molecule has 0 radical (unpaired) electrons. The van der Waals surface area contributed by atoms with Crippen LogP contribution in [0.5, 0.6) is 0 Å². The van der Waals surface area contributed by atoms with Gasteiger partial charge in [0.2, 0.25) is 0 Å². The van der Waals surface area contributed by atoms with Crippen molar-refractivity contribution in [1.29, 1.82) is 0 Å². The molecule has 4 aromatic rings. The summed E-state index contributed by atoms with van der Waals surface area (Å²) in [6.07, 6.45) is 0.745. The van der Waals surface area contributed by atoms with Crippen molar-refractivity contribution in [3.63, 3.8) is 0 Å². The Morgan fingerprint density at radius 2 is 0.892 bits per heavy atom. The van der Waals surface area contributed by atoms with E-state index in [9.17, 15) is 9.59 Å². The molecule has 0 bridgehead atoms. The fourth-order valence-electron chi connectivity index (χ4n) is 4.03. The molecule has 0 aromatic heterocycles. The lowest BCUT2D eigenvalue weighted by Crippen LogP contribution is -2.31. The summed E-state index contributed by atoms with van der Waals surface area (Å²) in [5, 5.41) is 11.7. The molecular formula is C31H32N4O2. The number of urea groups is 2. The Morgan fingerprint density at radius 3 is 1.24 bits per heavy atom. The Hall–Kier alpha value is -4.58. The summed E-state index contributed by atoms with van der Waals surface area (Å²) < 4.78 is 0. The van der Waals surface area contributed by atoms with Crippen molar-refractivity contribution in [2.75, 3.05) is 10.6 Å². The average Bonchev–Trinajstić information content (AvgIpc) is 2.92. The van der Waals surface area contributed by atoms with Crippen LogP contribution in [0, 0.1) is 0 Å². The lowest BCUT2D eigenvalue weighted by Gasteiger charge is -2.15. The predicted molar refractivity (Wildman–Crippen MR) is 150 cm³/mol. The number of nitrogens with one attached hydrogen (secondary N) is 4. The molecule has 4 aromatic carbocycles. The molecule has 0 fully saturated rings. The monoisotopic (exact) mass is 492 g/mol. The summed E-state index contributed by atoms with van der Waals surface area (Å²) in [5.41, 5.74) is 5.82. The zero-order valence-electron chi connectivity index (χ0n) is 21.1. The molecule has 0 saturated heterocycles. The second-order valence-corrected chi connectivity index (χ2v) is 9.03. The van der Waals surface area contributed by atoms with Gasteiger partial charge in [-0.3, -0.25) is 0 Å². The van der Waals surface area contributed by atoms with E-state index >= 15 is 0 Å². The average molecular weight is 493 g/mol. The Balaban J connectivity index is 1.24. The van der Waals surface area contributed by atoms with Gasteiger partial charge in [0.05, 0.1) is 12.1 Å². The summed E-state index contributed by atoms with van der Waals surface area (Å²) in [6.45, 7) is 3.91. The van der Waals surface area contributed by atoms with Gasteiger partial charge >= 0.3 is 12.1 Å². The lowest BCUT2D eigenvalue weighted by molar-refractivity contribution is 0.248. The minimum atomic E-state index is -0.241. The maximum Gasteiger partial charge on any atom is 0.319 e. The van der Waals surface area contributed by atoms with Crippen LogP contribution >= 0.6 is 0 Å². The fourth-order valence-corrected chi connectivity index (χ4v) is 4.03. The second kappa shape index (κ2) is 12.4. The first-order valence-corrected chi connectivity index (χ1v) is 12.4. The molecule has 0 aliphatic heterocycles. The fraction of sp³-hybridized carbons (Fsp3) is 0.161. The van der Waals surface area contributed by atoms with Crippen LogP contribution in [0.4, 0.5) is 21.0 Å². The Morgan fingerprint density at radius 1 is 0.541 bits per heavy atom. The Bertz CT molecular complexity index is 1190. The Kier molecular flexibility index (Phi) is 8.55. The van der Waals surface area contributed by atoms with Gasteiger partial charge in [-0.15, -0.1) is 0 Å². The molecular weight excluding hydrogens is 460 g/mol. The third kappa shape index (κ3) is 7.70. The van der Waals surface area contributed by atoms with Crippen molar-refractivity contribution < 1.29 is 9.59 Å². The largest absolute Gasteiger partial charge is 0.331 e. The van der Waals surface area contributed by atoms with Crippen LogP contribution in [0.25, 0.3) is 0 Å². The van der Waals surface area contributed by atoms with Crippen LogP contribution < -0.4 is 21.3 Å². The van der Waals surface area contributed by atoms with Crippen LogP contribution in [0.1, 0.15) is 48.2 Å². The zero-order valence-corrected chi connectivity index (χ0v) is 21.1. The van der Waals surface area contributed by atoms with Crippen molar-refractivity contribution in [1.82, 2.24) is 10.6 Å². The van der Waals surface area contributed by atoms with E-state index in [1.807, 2.05) is 123 Å². The molecule has 4 N–H and O–H groups in total. The van der Waals surface area contributed by atoms with Crippen LogP contribution in [0.3, 0.4) is 0 Å². The lowest BCUT2D eigenvalue weighted by atomic mass is 10.0.